The molecule has 0 aliphatic carbocycles. The second-order valence-electron chi connectivity index (χ2n) is 3.73. The molecular weight excluding hydrogens is 190 g/mol. The number of hydrogen-bond acceptors (Lipinski definition) is 2. The Morgan fingerprint density at radius 3 is 2.71 bits per heavy atom. The van der Waals surface area contributed by atoms with E-state index in [4.69, 9.17) is 5.73 Å². The summed E-state index contributed by atoms with van der Waals surface area (Å²) >= 11 is 1.90. The molecule has 78 valence electrons. The van der Waals surface area contributed by atoms with E-state index in [-0.39, 0.29) is 6.04 Å². The molecule has 0 bridgehead atoms. The topological polar surface area (TPSA) is 26.0 Å². The van der Waals surface area contributed by atoms with Crippen LogP contribution < -0.4 is 5.73 Å². The third kappa shape index (κ3) is 3.35. The van der Waals surface area contributed by atoms with Gasteiger partial charge in [-0.2, -0.15) is 0 Å². The fourth-order valence-electron chi connectivity index (χ4n) is 1.51. The Labute approximate surface area is 91.1 Å². The van der Waals surface area contributed by atoms with Gasteiger partial charge in [0.25, 0.3) is 0 Å². The molecule has 2 heteroatoms. The van der Waals surface area contributed by atoms with Crippen molar-refractivity contribution in [3.63, 3.8) is 0 Å². The van der Waals surface area contributed by atoms with E-state index in [1.165, 1.54) is 16.0 Å². The number of aryl methyl sites for hydroxylation is 1. The first-order valence-electron chi connectivity index (χ1n) is 5.11. The van der Waals surface area contributed by atoms with E-state index >= 15 is 0 Å². The van der Waals surface area contributed by atoms with Crippen LogP contribution in [-0.4, -0.2) is 11.8 Å². The molecule has 0 aliphatic heterocycles. The Kier molecular flexibility index (Phi) is 4.49. The van der Waals surface area contributed by atoms with E-state index in [2.05, 4.69) is 39.0 Å². The van der Waals surface area contributed by atoms with E-state index < -0.39 is 0 Å². The maximum Gasteiger partial charge on any atom is 0.0105 e. The van der Waals surface area contributed by atoms with Gasteiger partial charge in [0.1, 0.15) is 0 Å². The predicted molar refractivity (Wildman–Crippen MR) is 64.9 cm³/mol. The van der Waals surface area contributed by atoms with Crippen molar-refractivity contribution in [1.29, 1.82) is 0 Å². The molecule has 1 nitrogen and oxygen atoms in total. The second-order valence-corrected chi connectivity index (χ2v) is 5.03. The Morgan fingerprint density at radius 2 is 2.14 bits per heavy atom. The zero-order chi connectivity index (χ0) is 10.6. The molecule has 1 atom stereocenters. The summed E-state index contributed by atoms with van der Waals surface area (Å²) in [5, 5.41) is 0. The summed E-state index contributed by atoms with van der Waals surface area (Å²) in [4.78, 5) is 1.38. The first-order valence-corrected chi connectivity index (χ1v) is 6.10. The van der Waals surface area contributed by atoms with Crippen molar-refractivity contribution in [2.45, 2.75) is 38.1 Å². The van der Waals surface area contributed by atoms with Crippen molar-refractivity contribution in [2.75, 3.05) is 5.75 Å². The highest BCUT2D eigenvalue weighted by molar-refractivity contribution is 7.99. The minimum atomic E-state index is 0.244. The molecule has 0 spiro atoms. The summed E-state index contributed by atoms with van der Waals surface area (Å²) in [6, 6.07) is 6.87. The normalized spacial score (nSPS) is 12.9. The summed E-state index contributed by atoms with van der Waals surface area (Å²) in [5.74, 6) is 1.12. The third-order valence-corrected chi connectivity index (χ3v) is 3.06. The van der Waals surface area contributed by atoms with Gasteiger partial charge in [0.2, 0.25) is 0 Å². The Bertz CT molecular complexity index is 294. The monoisotopic (exact) mass is 209 g/mol. The van der Waals surface area contributed by atoms with Crippen molar-refractivity contribution in [3.05, 3.63) is 29.3 Å². The van der Waals surface area contributed by atoms with E-state index in [1.807, 2.05) is 11.8 Å². The van der Waals surface area contributed by atoms with Gasteiger partial charge in [-0.05, 0) is 37.7 Å². The van der Waals surface area contributed by atoms with Gasteiger partial charge in [-0.3, -0.25) is 0 Å². The van der Waals surface area contributed by atoms with Gasteiger partial charge in [-0.25, -0.2) is 0 Å². The minimum Gasteiger partial charge on any atom is -0.328 e. The van der Waals surface area contributed by atoms with Gasteiger partial charge < -0.3 is 5.73 Å². The molecule has 1 unspecified atom stereocenters. The van der Waals surface area contributed by atoms with Crippen LogP contribution in [0.1, 0.15) is 25.0 Å². The van der Waals surface area contributed by atoms with Crippen molar-refractivity contribution < 1.29 is 0 Å². The lowest BCUT2D eigenvalue weighted by Crippen LogP contribution is -2.18. The summed E-state index contributed by atoms with van der Waals surface area (Å²) in [5.41, 5.74) is 8.55. The van der Waals surface area contributed by atoms with Crippen LogP contribution in [0.2, 0.25) is 0 Å². The first-order chi connectivity index (χ1) is 6.63. The van der Waals surface area contributed by atoms with Gasteiger partial charge in [0.05, 0.1) is 0 Å². The number of benzene rings is 1. The fraction of sp³-hybridized carbons (Fsp3) is 0.500. The lowest BCUT2D eigenvalue weighted by atomic mass is 10.1. The number of thioether (sulfide) groups is 1. The molecule has 0 heterocycles. The molecular formula is C12H19NS. The summed E-state index contributed by atoms with van der Waals surface area (Å²) in [6.07, 6.45) is 0.976. The highest BCUT2D eigenvalue weighted by Gasteiger charge is 2.04. The summed E-state index contributed by atoms with van der Waals surface area (Å²) in [7, 11) is 0. The maximum atomic E-state index is 5.83. The van der Waals surface area contributed by atoms with Crippen molar-refractivity contribution >= 4 is 11.8 Å². The van der Waals surface area contributed by atoms with Crippen LogP contribution in [-0.2, 0) is 6.42 Å². The van der Waals surface area contributed by atoms with Crippen LogP contribution in [0, 0.1) is 6.92 Å². The zero-order valence-corrected chi connectivity index (χ0v) is 10.0. The SMILES string of the molecule is CCSc1ccc(C)cc1CC(C)N. The molecule has 0 aromatic heterocycles. The van der Waals surface area contributed by atoms with E-state index in [0.717, 1.165) is 12.2 Å². The molecule has 2 N–H and O–H groups in total. The summed E-state index contributed by atoms with van der Waals surface area (Å²) < 4.78 is 0. The maximum absolute atomic E-state index is 5.83. The Hall–Kier alpha value is -0.470. The van der Waals surface area contributed by atoms with E-state index in [9.17, 15) is 0 Å². The van der Waals surface area contributed by atoms with Gasteiger partial charge in [-0.15, -0.1) is 11.8 Å². The Balaban J connectivity index is 2.90. The minimum absolute atomic E-state index is 0.244. The fourth-order valence-corrected chi connectivity index (χ4v) is 2.31. The standard InChI is InChI=1S/C12H19NS/c1-4-14-12-6-5-9(2)7-11(12)8-10(3)13/h5-7,10H,4,8,13H2,1-3H3. The highest BCUT2D eigenvalue weighted by Crippen LogP contribution is 2.24. The first kappa shape index (κ1) is 11.6. The van der Waals surface area contributed by atoms with Gasteiger partial charge in [0.15, 0.2) is 0 Å². The smallest absolute Gasteiger partial charge is 0.0105 e. The molecule has 0 fully saturated rings. The molecule has 0 aliphatic rings. The van der Waals surface area contributed by atoms with Gasteiger partial charge in [-0.1, -0.05) is 24.6 Å². The lowest BCUT2D eigenvalue weighted by Gasteiger charge is -2.11. The molecule has 1 rings (SSSR count). The molecule has 1 aromatic rings. The predicted octanol–water partition coefficient (Wildman–Crippen LogP) is 3.00. The van der Waals surface area contributed by atoms with Crippen LogP contribution >= 0.6 is 11.8 Å². The van der Waals surface area contributed by atoms with Crippen LogP contribution in [0.25, 0.3) is 0 Å². The Morgan fingerprint density at radius 1 is 1.43 bits per heavy atom. The summed E-state index contributed by atoms with van der Waals surface area (Å²) in [6.45, 7) is 6.37. The number of hydrogen-bond donors (Lipinski definition) is 1. The molecule has 0 saturated carbocycles. The van der Waals surface area contributed by atoms with Crippen LogP contribution in [0.4, 0.5) is 0 Å². The number of nitrogens with two attached hydrogens (primary N) is 1. The molecule has 0 saturated heterocycles. The molecule has 1 aromatic carbocycles. The number of rotatable bonds is 4. The average Bonchev–Trinajstić information content (AvgIpc) is 2.09. The second kappa shape index (κ2) is 5.42. The van der Waals surface area contributed by atoms with E-state index in [0.29, 0.717) is 0 Å². The third-order valence-electron chi connectivity index (χ3n) is 2.06. The molecule has 14 heavy (non-hydrogen) atoms. The van der Waals surface area contributed by atoms with Crippen molar-refractivity contribution in [2.24, 2.45) is 5.73 Å². The quantitative estimate of drug-likeness (QED) is 0.771. The van der Waals surface area contributed by atoms with Crippen LogP contribution in [0.5, 0.6) is 0 Å². The van der Waals surface area contributed by atoms with E-state index in [1.54, 1.807) is 0 Å². The lowest BCUT2D eigenvalue weighted by molar-refractivity contribution is 0.729. The van der Waals surface area contributed by atoms with Crippen molar-refractivity contribution in [3.8, 4) is 0 Å². The van der Waals surface area contributed by atoms with Gasteiger partial charge >= 0.3 is 0 Å². The van der Waals surface area contributed by atoms with Crippen LogP contribution in [0.3, 0.4) is 0 Å². The average molecular weight is 209 g/mol. The van der Waals surface area contributed by atoms with Gasteiger partial charge in [0, 0.05) is 10.9 Å². The zero-order valence-electron chi connectivity index (χ0n) is 9.21. The largest absolute Gasteiger partial charge is 0.328 e. The van der Waals surface area contributed by atoms with Crippen molar-refractivity contribution in [1.82, 2.24) is 0 Å². The molecule has 0 radical (unpaired) electrons. The highest BCUT2D eigenvalue weighted by atomic mass is 32.2. The van der Waals surface area contributed by atoms with Crippen LogP contribution in [0.15, 0.2) is 23.1 Å². The molecule has 0 amide bonds.